The molecule has 1 saturated carbocycles. The molecule has 1 saturated heterocycles. The molecule has 2 atom stereocenters. The maximum absolute atomic E-state index is 11.5. The van der Waals surface area contributed by atoms with E-state index in [2.05, 4.69) is 0 Å². The van der Waals surface area contributed by atoms with E-state index < -0.39 is 0 Å². The lowest BCUT2D eigenvalue weighted by Crippen LogP contribution is -2.10. The van der Waals surface area contributed by atoms with Gasteiger partial charge in [-0.25, -0.2) is 0 Å². The van der Waals surface area contributed by atoms with E-state index in [0.29, 0.717) is 17.8 Å². The van der Waals surface area contributed by atoms with Crippen LogP contribution in [0.2, 0.25) is 0 Å². The second-order valence-corrected chi connectivity index (χ2v) is 5.07. The minimum Gasteiger partial charge on any atom is -0.378 e. The maximum Gasteiger partial charge on any atom is 0.133 e. The number of rotatable bonds is 3. The normalized spacial score (nSPS) is 32.9. The van der Waals surface area contributed by atoms with Crippen LogP contribution in [0.1, 0.15) is 57.8 Å². The highest BCUT2D eigenvalue weighted by Crippen LogP contribution is 2.27. The van der Waals surface area contributed by atoms with E-state index in [1.807, 2.05) is 0 Å². The summed E-state index contributed by atoms with van der Waals surface area (Å²) in [5.74, 6) is 1.15. The van der Waals surface area contributed by atoms with Gasteiger partial charge in [-0.3, -0.25) is 4.79 Å². The SMILES string of the molecule is O=C1CCCCC(CCC2CCCO2)C1. The molecule has 1 heterocycles. The molecule has 15 heavy (non-hydrogen) atoms. The molecule has 0 aromatic rings. The summed E-state index contributed by atoms with van der Waals surface area (Å²) in [7, 11) is 0. The van der Waals surface area contributed by atoms with E-state index in [-0.39, 0.29) is 0 Å². The predicted octanol–water partition coefficient (Wildman–Crippen LogP) is 3.10. The lowest BCUT2D eigenvalue weighted by Gasteiger charge is -2.15. The number of Topliss-reactive ketones (excluding diaryl/α,β-unsaturated/α-hetero) is 1. The third-order valence-corrected chi connectivity index (χ3v) is 3.76. The van der Waals surface area contributed by atoms with Crippen LogP contribution in [-0.4, -0.2) is 18.5 Å². The molecule has 2 rings (SSSR count). The van der Waals surface area contributed by atoms with Gasteiger partial charge in [-0.1, -0.05) is 12.8 Å². The summed E-state index contributed by atoms with van der Waals surface area (Å²) in [5.41, 5.74) is 0. The van der Waals surface area contributed by atoms with Crippen LogP contribution in [0.4, 0.5) is 0 Å². The topological polar surface area (TPSA) is 26.3 Å². The van der Waals surface area contributed by atoms with Crippen LogP contribution in [0.25, 0.3) is 0 Å². The molecule has 0 bridgehead atoms. The Bertz CT molecular complexity index is 207. The predicted molar refractivity (Wildman–Crippen MR) is 59.8 cm³/mol. The zero-order valence-electron chi connectivity index (χ0n) is 9.54. The van der Waals surface area contributed by atoms with Gasteiger partial charge < -0.3 is 4.74 Å². The molecular weight excluding hydrogens is 188 g/mol. The fourth-order valence-electron chi connectivity index (χ4n) is 2.82. The van der Waals surface area contributed by atoms with E-state index >= 15 is 0 Å². The fourth-order valence-corrected chi connectivity index (χ4v) is 2.82. The Hall–Kier alpha value is -0.370. The Balaban J connectivity index is 1.70. The minimum absolute atomic E-state index is 0.491. The second kappa shape index (κ2) is 5.64. The van der Waals surface area contributed by atoms with Crippen molar-refractivity contribution in [3.8, 4) is 0 Å². The standard InChI is InChI=1S/C13H22O2/c14-12-5-2-1-4-11(10-12)7-8-13-6-3-9-15-13/h11,13H,1-10H2. The molecule has 0 N–H and O–H groups in total. The van der Waals surface area contributed by atoms with Crippen LogP contribution in [0.3, 0.4) is 0 Å². The maximum atomic E-state index is 11.5. The number of carbonyl (C=O) groups excluding carboxylic acids is 1. The van der Waals surface area contributed by atoms with Gasteiger partial charge in [-0.05, 0) is 38.0 Å². The zero-order chi connectivity index (χ0) is 10.5. The molecule has 0 aromatic heterocycles. The molecule has 0 spiro atoms. The van der Waals surface area contributed by atoms with E-state index in [4.69, 9.17) is 4.74 Å². The quantitative estimate of drug-likeness (QED) is 0.669. The van der Waals surface area contributed by atoms with Crippen LogP contribution in [-0.2, 0) is 9.53 Å². The number of hydrogen-bond donors (Lipinski definition) is 0. The first-order valence-corrected chi connectivity index (χ1v) is 6.48. The van der Waals surface area contributed by atoms with Gasteiger partial charge in [0.05, 0.1) is 6.10 Å². The summed E-state index contributed by atoms with van der Waals surface area (Å²) < 4.78 is 5.62. The van der Waals surface area contributed by atoms with Gasteiger partial charge in [0, 0.05) is 19.4 Å². The molecule has 86 valence electrons. The van der Waals surface area contributed by atoms with Crippen LogP contribution in [0.15, 0.2) is 0 Å². The molecule has 1 aliphatic heterocycles. The van der Waals surface area contributed by atoms with E-state index in [1.54, 1.807) is 0 Å². The number of ether oxygens (including phenoxy) is 1. The first-order valence-electron chi connectivity index (χ1n) is 6.48. The highest BCUT2D eigenvalue weighted by molar-refractivity contribution is 5.78. The van der Waals surface area contributed by atoms with Crippen molar-refractivity contribution in [2.75, 3.05) is 6.61 Å². The van der Waals surface area contributed by atoms with Crippen LogP contribution in [0, 0.1) is 5.92 Å². The monoisotopic (exact) mass is 210 g/mol. The van der Waals surface area contributed by atoms with Gasteiger partial charge in [-0.15, -0.1) is 0 Å². The average Bonchev–Trinajstić information content (AvgIpc) is 2.65. The Morgan fingerprint density at radius 1 is 1.13 bits per heavy atom. The molecule has 1 aliphatic carbocycles. The molecule has 2 heteroatoms. The van der Waals surface area contributed by atoms with Crippen molar-refractivity contribution in [3.05, 3.63) is 0 Å². The molecule has 2 fully saturated rings. The largest absolute Gasteiger partial charge is 0.378 e. The van der Waals surface area contributed by atoms with Gasteiger partial charge in [0.2, 0.25) is 0 Å². The van der Waals surface area contributed by atoms with Crippen molar-refractivity contribution >= 4 is 5.78 Å². The van der Waals surface area contributed by atoms with Gasteiger partial charge in [0.25, 0.3) is 0 Å². The highest BCUT2D eigenvalue weighted by atomic mass is 16.5. The van der Waals surface area contributed by atoms with Crippen LogP contribution < -0.4 is 0 Å². The van der Waals surface area contributed by atoms with Crippen molar-refractivity contribution < 1.29 is 9.53 Å². The van der Waals surface area contributed by atoms with Crippen LogP contribution >= 0.6 is 0 Å². The highest BCUT2D eigenvalue weighted by Gasteiger charge is 2.21. The van der Waals surface area contributed by atoms with Gasteiger partial charge in [0.1, 0.15) is 5.78 Å². The van der Waals surface area contributed by atoms with Gasteiger partial charge in [0.15, 0.2) is 0 Å². The van der Waals surface area contributed by atoms with Gasteiger partial charge >= 0.3 is 0 Å². The first kappa shape index (κ1) is 11.1. The van der Waals surface area contributed by atoms with Crippen LogP contribution in [0.5, 0.6) is 0 Å². The summed E-state index contributed by atoms with van der Waals surface area (Å²) in [6.45, 7) is 0.953. The molecule has 0 radical (unpaired) electrons. The molecule has 2 unspecified atom stereocenters. The van der Waals surface area contributed by atoms with E-state index in [1.165, 1.54) is 38.5 Å². The minimum atomic E-state index is 0.491. The van der Waals surface area contributed by atoms with Crippen molar-refractivity contribution in [1.29, 1.82) is 0 Å². The molecule has 2 aliphatic rings. The van der Waals surface area contributed by atoms with Gasteiger partial charge in [-0.2, -0.15) is 0 Å². The summed E-state index contributed by atoms with van der Waals surface area (Å²) in [6, 6.07) is 0. The first-order chi connectivity index (χ1) is 7.34. The molecule has 0 amide bonds. The fraction of sp³-hybridized carbons (Fsp3) is 0.923. The average molecular weight is 210 g/mol. The summed E-state index contributed by atoms with van der Waals surface area (Å²) in [5, 5.41) is 0. The van der Waals surface area contributed by atoms with E-state index in [0.717, 1.165) is 25.9 Å². The molecule has 0 aromatic carbocycles. The summed E-state index contributed by atoms with van der Waals surface area (Å²) >= 11 is 0. The lowest BCUT2D eigenvalue weighted by atomic mass is 9.93. The Labute approximate surface area is 92.4 Å². The number of hydrogen-bond acceptors (Lipinski definition) is 2. The lowest BCUT2D eigenvalue weighted by molar-refractivity contribution is -0.119. The Morgan fingerprint density at radius 3 is 2.87 bits per heavy atom. The van der Waals surface area contributed by atoms with E-state index in [9.17, 15) is 4.79 Å². The summed E-state index contributed by atoms with van der Waals surface area (Å²) in [4.78, 5) is 11.5. The van der Waals surface area contributed by atoms with Crippen molar-refractivity contribution in [1.82, 2.24) is 0 Å². The number of carbonyl (C=O) groups is 1. The smallest absolute Gasteiger partial charge is 0.133 e. The third kappa shape index (κ3) is 3.60. The Morgan fingerprint density at radius 2 is 2.07 bits per heavy atom. The number of ketones is 1. The second-order valence-electron chi connectivity index (χ2n) is 5.07. The zero-order valence-corrected chi connectivity index (χ0v) is 9.54. The van der Waals surface area contributed by atoms with Crippen molar-refractivity contribution in [2.45, 2.75) is 63.9 Å². The van der Waals surface area contributed by atoms with Crippen molar-refractivity contribution in [3.63, 3.8) is 0 Å². The third-order valence-electron chi connectivity index (χ3n) is 3.76. The Kier molecular flexibility index (Phi) is 4.18. The van der Waals surface area contributed by atoms with Crippen molar-refractivity contribution in [2.24, 2.45) is 5.92 Å². The molecule has 2 nitrogen and oxygen atoms in total. The molecular formula is C13H22O2. The summed E-state index contributed by atoms with van der Waals surface area (Å²) in [6.07, 6.45) is 10.7.